The Morgan fingerprint density at radius 1 is 0.258 bits per heavy atom. The summed E-state index contributed by atoms with van der Waals surface area (Å²) in [6, 6.07) is 75.4. The van der Waals surface area contributed by atoms with Crippen molar-refractivity contribution in [2.24, 2.45) is 0 Å². The first-order valence-electron chi connectivity index (χ1n) is 22.9. The van der Waals surface area contributed by atoms with Crippen molar-refractivity contribution in [1.82, 2.24) is 15.0 Å². The summed E-state index contributed by atoms with van der Waals surface area (Å²) in [6.07, 6.45) is 6.03. The largest absolute Gasteiger partial charge is 0.256 e. The molecule has 0 fully saturated rings. The first-order chi connectivity index (χ1) is 32.4. The van der Waals surface area contributed by atoms with E-state index in [1.165, 1.54) is 5.56 Å². The highest BCUT2D eigenvalue weighted by Gasteiger charge is 2.20. The van der Waals surface area contributed by atoms with E-state index >= 15 is 0 Å². The van der Waals surface area contributed by atoms with Crippen LogP contribution in [0.25, 0.3) is 101 Å². The molecule has 0 spiro atoms. The van der Waals surface area contributed by atoms with E-state index in [4.69, 9.17) is 15.0 Å². The van der Waals surface area contributed by atoms with Crippen molar-refractivity contribution in [2.75, 3.05) is 0 Å². The van der Waals surface area contributed by atoms with Crippen molar-refractivity contribution >= 4 is 0 Å². The second-order valence-electron chi connectivity index (χ2n) is 17.3. The maximum Gasteiger partial charge on any atom is 0.0702 e. The van der Waals surface area contributed by atoms with Crippen molar-refractivity contribution in [3.05, 3.63) is 236 Å². The molecule has 0 aliphatic carbocycles. The van der Waals surface area contributed by atoms with Crippen LogP contribution in [0.2, 0.25) is 0 Å². The molecule has 3 heteroatoms. The van der Waals surface area contributed by atoms with E-state index in [9.17, 15) is 0 Å². The van der Waals surface area contributed by atoms with Gasteiger partial charge in [-0.25, -0.2) is 0 Å². The SMILES string of the molecule is CC.CC(C)(C)c1ccc(-c2cc(-c3ccccc3-c3ccc(-c4ccccc4)nc3)cc(-c3ccccc3-c3ccc(-c4ccccc4)nc3)c2)c(-c2ccc(-c3ccccc3)nc2)c1. The van der Waals surface area contributed by atoms with Gasteiger partial charge in [0.2, 0.25) is 0 Å². The standard InChI is InChI=1S/C61H47N3.C2H6/c1-61(2,3)51-30-31-56(57(38-51)47-29-34-60(64-41-47)44-21-11-6-12-22-44)50-36-48(54-25-15-13-23-52(54)45-27-32-58(62-39-45)42-17-7-4-8-18-42)35-49(37-50)55-26-16-14-24-53(55)46-28-33-59(63-40-46)43-19-9-5-10-20-43;1-2/h4-41H,1-3H3;1-2H3. The van der Waals surface area contributed by atoms with Crippen molar-refractivity contribution in [3.63, 3.8) is 0 Å². The molecule has 0 radical (unpaired) electrons. The van der Waals surface area contributed by atoms with Crippen LogP contribution in [0.3, 0.4) is 0 Å². The third-order valence-corrected chi connectivity index (χ3v) is 12.0. The molecular weight excluding hydrogens is 799 g/mol. The summed E-state index contributed by atoms with van der Waals surface area (Å²) in [7, 11) is 0. The lowest BCUT2D eigenvalue weighted by atomic mass is 9.82. The fourth-order valence-corrected chi connectivity index (χ4v) is 8.57. The van der Waals surface area contributed by atoms with Gasteiger partial charge in [0.05, 0.1) is 17.1 Å². The quantitative estimate of drug-likeness (QED) is 0.145. The predicted octanol–water partition coefficient (Wildman–Crippen LogP) is 17.2. The monoisotopic (exact) mass is 851 g/mol. The van der Waals surface area contributed by atoms with E-state index < -0.39 is 0 Å². The molecule has 0 saturated carbocycles. The maximum absolute atomic E-state index is 5.01. The molecule has 10 aromatic rings. The molecule has 0 atom stereocenters. The number of pyridine rings is 3. The van der Waals surface area contributed by atoms with E-state index in [1.807, 2.05) is 50.6 Å². The normalized spacial score (nSPS) is 11.1. The lowest BCUT2D eigenvalue weighted by molar-refractivity contribution is 0.590. The second kappa shape index (κ2) is 19.4. The summed E-state index contributed by atoms with van der Waals surface area (Å²) in [5.41, 5.74) is 20.7. The fourth-order valence-electron chi connectivity index (χ4n) is 8.57. The van der Waals surface area contributed by atoms with Crippen molar-refractivity contribution < 1.29 is 0 Å². The van der Waals surface area contributed by atoms with E-state index in [2.05, 4.69) is 215 Å². The first-order valence-corrected chi connectivity index (χ1v) is 22.9. The van der Waals surface area contributed by atoms with E-state index in [0.717, 1.165) is 101 Å². The highest BCUT2D eigenvalue weighted by atomic mass is 14.7. The minimum absolute atomic E-state index is 0.0518. The first kappa shape index (κ1) is 43.3. The van der Waals surface area contributed by atoms with Gasteiger partial charge in [-0.05, 0) is 104 Å². The third kappa shape index (κ3) is 9.29. The van der Waals surface area contributed by atoms with Gasteiger partial charge in [-0.3, -0.25) is 15.0 Å². The summed E-state index contributed by atoms with van der Waals surface area (Å²) in [5.74, 6) is 0. The molecule has 0 aliphatic rings. The molecule has 0 amide bonds. The van der Waals surface area contributed by atoms with Crippen LogP contribution in [0.1, 0.15) is 40.2 Å². The van der Waals surface area contributed by atoms with Crippen molar-refractivity contribution in [1.29, 1.82) is 0 Å². The van der Waals surface area contributed by atoms with Gasteiger partial charge in [0, 0.05) is 52.0 Å². The van der Waals surface area contributed by atoms with Gasteiger partial charge >= 0.3 is 0 Å². The molecule has 3 aromatic heterocycles. The minimum Gasteiger partial charge on any atom is -0.256 e. The van der Waals surface area contributed by atoms with Gasteiger partial charge in [-0.2, -0.15) is 0 Å². The number of nitrogens with zero attached hydrogens (tertiary/aromatic N) is 3. The lowest BCUT2D eigenvalue weighted by Crippen LogP contribution is -2.11. The molecule has 3 heterocycles. The van der Waals surface area contributed by atoms with E-state index in [-0.39, 0.29) is 5.41 Å². The second-order valence-corrected chi connectivity index (χ2v) is 17.3. The Bertz CT molecular complexity index is 3040. The molecular formula is C63H53N3. The number of hydrogen-bond acceptors (Lipinski definition) is 3. The van der Waals surface area contributed by atoms with Gasteiger partial charge in [0.25, 0.3) is 0 Å². The Kier molecular flexibility index (Phi) is 12.7. The average Bonchev–Trinajstić information content (AvgIpc) is 3.39. The molecule has 0 unspecified atom stereocenters. The Balaban J connectivity index is 0.00000270. The molecule has 0 saturated heterocycles. The van der Waals surface area contributed by atoms with Crippen LogP contribution in [0.4, 0.5) is 0 Å². The Morgan fingerprint density at radius 2 is 0.561 bits per heavy atom. The van der Waals surface area contributed by atoms with Gasteiger partial charge in [-0.1, -0.05) is 204 Å². The van der Waals surface area contributed by atoms with Crippen LogP contribution in [0.5, 0.6) is 0 Å². The summed E-state index contributed by atoms with van der Waals surface area (Å²) in [4.78, 5) is 14.9. The molecule has 66 heavy (non-hydrogen) atoms. The summed E-state index contributed by atoms with van der Waals surface area (Å²) < 4.78 is 0. The minimum atomic E-state index is -0.0518. The number of rotatable bonds is 9. The average molecular weight is 852 g/mol. The topological polar surface area (TPSA) is 38.7 Å². The van der Waals surface area contributed by atoms with Crippen LogP contribution < -0.4 is 0 Å². The van der Waals surface area contributed by atoms with E-state index in [1.54, 1.807) is 0 Å². The van der Waals surface area contributed by atoms with E-state index in [0.29, 0.717) is 0 Å². The smallest absolute Gasteiger partial charge is 0.0702 e. The fraction of sp³-hybridized carbons (Fsp3) is 0.0952. The molecule has 320 valence electrons. The lowest BCUT2D eigenvalue weighted by Gasteiger charge is -2.23. The van der Waals surface area contributed by atoms with Gasteiger partial charge in [-0.15, -0.1) is 0 Å². The van der Waals surface area contributed by atoms with Crippen LogP contribution >= 0.6 is 0 Å². The maximum atomic E-state index is 5.01. The van der Waals surface area contributed by atoms with Crippen LogP contribution in [-0.2, 0) is 5.41 Å². The molecule has 10 rings (SSSR count). The molecule has 0 N–H and O–H groups in total. The van der Waals surface area contributed by atoms with Crippen molar-refractivity contribution in [2.45, 2.75) is 40.0 Å². The van der Waals surface area contributed by atoms with Gasteiger partial charge < -0.3 is 0 Å². The summed E-state index contributed by atoms with van der Waals surface area (Å²) in [5, 5.41) is 0. The van der Waals surface area contributed by atoms with Crippen LogP contribution in [0, 0.1) is 0 Å². The zero-order chi connectivity index (χ0) is 45.5. The van der Waals surface area contributed by atoms with Crippen LogP contribution in [-0.4, -0.2) is 15.0 Å². The number of hydrogen-bond donors (Lipinski definition) is 0. The van der Waals surface area contributed by atoms with Gasteiger partial charge in [0.1, 0.15) is 0 Å². The summed E-state index contributed by atoms with van der Waals surface area (Å²) in [6.45, 7) is 10.8. The zero-order valence-electron chi connectivity index (χ0n) is 38.3. The van der Waals surface area contributed by atoms with Gasteiger partial charge in [0.15, 0.2) is 0 Å². The highest BCUT2D eigenvalue weighted by Crippen LogP contribution is 2.43. The third-order valence-electron chi connectivity index (χ3n) is 12.0. The Morgan fingerprint density at radius 3 is 0.879 bits per heavy atom. The zero-order valence-corrected chi connectivity index (χ0v) is 38.3. The Hall–Kier alpha value is -8.01. The van der Waals surface area contributed by atoms with Crippen molar-refractivity contribution in [3.8, 4) is 101 Å². The Labute approximate surface area is 390 Å². The number of aromatic nitrogens is 3. The molecule has 7 aromatic carbocycles. The molecule has 0 aliphatic heterocycles. The predicted molar refractivity (Wildman–Crippen MR) is 279 cm³/mol. The molecule has 3 nitrogen and oxygen atoms in total. The van der Waals surface area contributed by atoms with Crippen LogP contribution in [0.15, 0.2) is 231 Å². The highest BCUT2D eigenvalue weighted by molar-refractivity contribution is 5.94. The number of benzene rings is 7. The summed E-state index contributed by atoms with van der Waals surface area (Å²) >= 11 is 0. The molecule has 0 bridgehead atoms.